The SMILES string of the molecule is CCCCCC(=O)N1CCCC(C(N)=O)C1. The molecule has 0 aromatic heterocycles. The van der Waals surface area contributed by atoms with Crippen molar-refractivity contribution in [2.24, 2.45) is 11.7 Å². The summed E-state index contributed by atoms with van der Waals surface area (Å²) in [6.07, 6.45) is 5.50. The number of rotatable bonds is 5. The van der Waals surface area contributed by atoms with E-state index < -0.39 is 0 Å². The quantitative estimate of drug-likeness (QED) is 0.718. The zero-order valence-electron chi connectivity index (χ0n) is 10.1. The molecule has 0 radical (unpaired) electrons. The highest BCUT2D eigenvalue weighted by Crippen LogP contribution is 2.17. The van der Waals surface area contributed by atoms with E-state index in [0.29, 0.717) is 13.0 Å². The van der Waals surface area contributed by atoms with Gasteiger partial charge in [0.25, 0.3) is 0 Å². The van der Waals surface area contributed by atoms with Crippen molar-refractivity contribution in [3.8, 4) is 0 Å². The molecule has 4 nitrogen and oxygen atoms in total. The van der Waals surface area contributed by atoms with Crippen molar-refractivity contribution < 1.29 is 9.59 Å². The van der Waals surface area contributed by atoms with Gasteiger partial charge in [-0.05, 0) is 19.3 Å². The highest BCUT2D eigenvalue weighted by molar-refractivity contribution is 5.80. The number of likely N-dealkylation sites (tertiary alicyclic amines) is 1. The second-order valence-corrected chi connectivity index (χ2v) is 4.54. The Balaban J connectivity index is 2.35. The summed E-state index contributed by atoms with van der Waals surface area (Å²) in [4.78, 5) is 24.7. The minimum absolute atomic E-state index is 0.135. The molecule has 1 atom stereocenters. The van der Waals surface area contributed by atoms with Crippen LogP contribution in [-0.4, -0.2) is 29.8 Å². The molecular formula is C12H22N2O2. The van der Waals surface area contributed by atoms with Crippen molar-refractivity contribution in [1.82, 2.24) is 4.90 Å². The van der Waals surface area contributed by atoms with Crippen molar-refractivity contribution in [3.05, 3.63) is 0 Å². The maximum absolute atomic E-state index is 11.8. The minimum atomic E-state index is -0.272. The van der Waals surface area contributed by atoms with E-state index in [-0.39, 0.29) is 17.7 Å². The topological polar surface area (TPSA) is 63.4 Å². The predicted molar refractivity (Wildman–Crippen MR) is 62.6 cm³/mol. The highest BCUT2D eigenvalue weighted by atomic mass is 16.2. The Bertz CT molecular complexity index is 253. The van der Waals surface area contributed by atoms with Crippen molar-refractivity contribution in [1.29, 1.82) is 0 Å². The summed E-state index contributed by atoms with van der Waals surface area (Å²) in [6.45, 7) is 3.43. The molecule has 16 heavy (non-hydrogen) atoms. The average Bonchev–Trinajstić information content (AvgIpc) is 2.29. The van der Waals surface area contributed by atoms with Gasteiger partial charge in [0.1, 0.15) is 0 Å². The number of piperidine rings is 1. The summed E-state index contributed by atoms with van der Waals surface area (Å²) >= 11 is 0. The van der Waals surface area contributed by atoms with Gasteiger partial charge in [0.2, 0.25) is 11.8 Å². The third kappa shape index (κ3) is 3.83. The summed E-state index contributed by atoms with van der Waals surface area (Å²) in [6, 6.07) is 0. The van der Waals surface area contributed by atoms with Gasteiger partial charge in [-0.3, -0.25) is 9.59 Å². The molecule has 0 aliphatic carbocycles. The first-order chi connectivity index (χ1) is 7.65. The summed E-state index contributed by atoms with van der Waals surface area (Å²) in [7, 11) is 0. The smallest absolute Gasteiger partial charge is 0.222 e. The van der Waals surface area contributed by atoms with Gasteiger partial charge in [-0.25, -0.2) is 0 Å². The average molecular weight is 226 g/mol. The van der Waals surface area contributed by atoms with E-state index in [0.717, 1.165) is 38.6 Å². The zero-order valence-corrected chi connectivity index (χ0v) is 10.1. The summed E-state index contributed by atoms with van der Waals surface area (Å²) < 4.78 is 0. The third-order valence-electron chi connectivity index (χ3n) is 3.17. The molecular weight excluding hydrogens is 204 g/mol. The highest BCUT2D eigenvalue weighted by Gasteiger charge is 2.26. The molecule has 1 rings (SSSR count). The van der Waals surface area contributed by atoms with Gasteiger partial charge in [-0.15, -0.1) is 0 Å². The molecule has 0 spiro atoms. The van der Waals surface area contributed by atoms with Gasteiger partial charge in [-0.1, -0.05) is 19.8 Å². The Hall–Kier alpha value is -1.06. The van der Waals surface area contributed by atoms with Gasteiger partial charge in [-0.2, -0.15) is 0 Å². The molecule has 1 fully saturated rings. The van der Waals surface area contributed by atoms with E-state index >= 15 is 0 Å². The van der Waals surface area contributed by atoms with Crippen LogP contribution in [0, 0.1) is 5.92 Å². The Morgan fingerprint density at radius 3 is 2.75 bits per heavy atom. The van der Waals surface area contributed by atoms with Gasteiger partial charge in [0.05, 0.1) is 5.92 Å². The molecule has 2 amide bonds. The second kappa shape index (κ2) is 6.51. The lowest BCUT2D eigenvalue weighted by atomic mass is 9.97. The lowest BCUT2D eigenvalue weighted by Gasteiger charge is -2.31. The summed E-state index contributed by atoms with van der Waals surface area (Å²) in [5.74, 6) is -0.227. The number of amides is 2. The van der Waals surface area contributed by atoms with E-state index in [1.807, 2.05) is 0 Å². The fraction of sp³-hybridized carbons (Fsp3) is 0.833. The summed E-state index contributed by atoms with van der Waals surface area (Å²) in [5.41, 5.74) is 5.27. The zero-order chi connectivity index (χ0) is 12.0. The molecule has 1 aliphatic rings. The Labute approximate surface area is 97.2 Å². The Kier molecular flexibility index (Phi) is 5.29. The van der Waals surface area contributed by atoms with Gasteiger partial charge in [0, 0.05) is 19.5 Å². The fourth-order valence-electron chi connectivity index (χ4n) is 2.12. The Morgan fingerprint density at radius 1 is 1.38 bits per heavy atom. The molecule has 1 aliphatic heterocycles. The van der Waals surface area contributed by atoms with E-state index in [9.17, 15) is 9.59 Å². The number of hydrogen-bond donors (Lipinski definition) is 1. The van der Waals surface area contributed by atoms with Gasteiger partial charge >= 0.3 is 0 Å². The molecule has 1 saturated heterocycles. The van der Waals surface area contributed by atoms with Crippen LogP contribution >= 0.6 is 0 Å². The van der Waals surface area contributed by atoms with Crippen LogP contribution in [0.25, 0.3) is 0 Å². The number of nitrogens with zero attached hydrogens (tertiary/aromatic N) is 1. The lowest BCUT2D eigenvalue weighted by molar-refractivity contribution is -0.135. The molecule has 0 aromatic rings. The predicted octanol–water partition coefficient (Wildman–Crippen LogP) is 1.29. The van der Waals surface area contributed by atoms with Crippen LogP contribution in [0.5, 0.6) is 0 Å². The number of hydrogen-bond acceptors (Lipinski definition) is 2. The van der Waals surface area contributed by atoms with Crippen molar-refractivity contribution >= 4 is 11.8 Å². The molecule has 0 bridgehead atoms. The fourth-order valence-corrected chi connectivity index (χ4v) is 2.12. The van der Waals surface area contributed by atoms with Crippen LogP contribution in [0.4, 0.5) is 0 Å². The van der Waals surface area contributed by atoms with E-state index in [2.05, 4.69) is 6.92 Å². The lowest BCUT2D eigenvalue weighted by Crippen LogP contribution is -2.44. The first kappa shape index (κ1) is 13.0. The molecule has 2 N–H and O–H groups in total. The molecule has 92 valence electrons. The maximum atomic E-state index is 11.8. The molecule has 1 heterocycles. The number of carbonyl (C=O) groups is 2. The molecule has 4 heteroatoms. The van der Waals surface area contributed by atoms with Crippen LogP contribution < -0.4 is 5.73 Å². The van der Waals surface area contributed by atoms with Crippen LogP contribution in [0.2, 0.25) is 0 Å². The van der Waals surface area contributed by atoms with Crippen LogP contribution in [0.3, 0.4) is 0 Å². The van der Waals surface area contributed by atoms with Gasteiger partial charge < -0.3 is 10.6 Å². The summed E-state index contributed by atoms with van der Waals surface area (Å²) in [5, 5.41) is 0. The number of unbranched alkanes of at least 4 members (excludes halogenated alkanes) is 2. The first-order valence-corrected chi connectivity index (χ1v) is 6.22. The van der Waals surface area contributed by atoms with Crippen LogP contribution in [-0.2, 0) is 9.59 Å². The van der Waals surface area contributed by atoms with Crippen LogP contribution in [0.15, 0.2) is 0 Å². The number of primary amides is 1. The minimum Gasteiger partial charge on any atom is -0.369 e. The molecule has 0 aromatic carbocycles. The third-order valence-corrected chi connectivity index (χ3v) is 3.17. The normalized spacial score (nSPS) is 20.8. The Morgan fingerprint density at radius 2 is 2.12 bits per heavy atom. The standard InChI is InChI=1S/C12H22N2O2/c1-2-3-4-7-11(15)14-8-5-6-10(9-14)12(13)16/h10H,2-9H2,1H3,(H2,13,16). The molecule has 1 unspecified atom stereocenters. The van der Waals surface area contributed by atoms with E-state index in [4.69, 9.17) is 5.73 Å². The van der Waals surface area contributed by atoms with E-state index in [1.54, 1.807) is 4.90 Å². The van der Waals surface area contributed by atoms with Crippen molar-refractivity contribution in [2.45, 2.75) is 45.4 Å². The number of carbonyl (C=O) groups excluding carboxylic acids is 2. The van der Waals surface area contributed by atoms with Crippen molar-refractivity contribution in [2.75, 3.05) is 13.1 Å². The monoisotopic (exact) mass is 226 g/mol. The first-order valence-electron chi connectivity index (χ1n) is 6.22. The number of nitrogens with two attached hydrogens (primary N) is 1. The largest absolute Gasteiger partial charge is 0.369 e. The second-order valence-electron chi connectivity index (χ2n) is 4.54. The molecule has 0 saturated carbocycles. The maximum Gasteiger partial charge on any atom is 0.222 e. The van der Waals surface area contributed by atoms with Crippen LogP contribution in [0.1, 0.15) is 45.4 Å². The van der Waals surface area contributed by atoms with E-state index in [1.165, 1.54) is 0 Å². The van der Waals surface area contributed by atoms with Crippen molar-refractivity contribution in [3.63, 3.8) is 0 Å². The van der Waals surface area contributed by atoms with Gasteiger partial charge in [0.15, 0.2) is 0 Å².